The van der Waals surface area contributed by atoms with Gasteiger partial charge in [-0.15, -0.1) is 0 Å². The molecule has 0 bridgehead atoms. The lowest BCUT2D eigenvalue weighted by Gasteiger charge is -2.07. The Bertz CT molecular complexity index is 859. The van der Waals surface area contributed by atoms with Crippen molar-refractivity contribution in [1.29, 1.82) is 0 Å². The van der Waals surface area contributed by atoms with Crippen LogP contribution in [-0.2, 0) is 61.3 Å². The number of hydrogen-bond acceptors (Lipinski definition) is 6. The second-order valence-electron chi connectivity index (χ2n) is 6.81. The van der Waals surface area contributed by atoms with Crippen LogP contribution in [0.15, 0.2) is 24.8 Å². The van der Waals surface area contributed by atoms with E-state index in [0.717, 1.165) is 12.8 Å². The molecule has 0 fully saturated rings. The molecule has 2 aromatic heterocycles. The molecule has 174 valence electrons. The van der Waals surface area contributed by atoms with E-state index in [0.29, 0.717) is 0 Å². The Morgan fingerprint density at radius 2 is 1.07 bits per heavy atom. The molecule has 10 nitrogen and oxygen atoms in total. The summed E-state index contributed by atoms with van der Waals surface area (Å²) in [7, 11) is -0.304. The van der Waals surface area contributed by atoms with Gasteiger partial charge in [-0.05, 0) is 12.8 Å². The van der Waals surface area contributed by atoms with Crippen LogP contribution in [0.3, 0.4) is 0 Å². The first-order chi connectivity index (χ1) is 13.7. The summed E-state index contributed by atoms with van der Waals surface area (Å²) in [5, 5.41) is 0. The third-order valence-electron chi connectivity index (χ3n) is 4.33. The molecule has 0 aliphatic carbocycles. The molecule has 0 saturated heterocycles. The Labute approximate surface area is 180 Å². The summed E-state index contributed by atoms with van der Waals surface area (Å²) in [6.45, 7) is 4.32. The number of rotatable bonds is 7. The Kier molecular flexibility index (Phi) is 12.1. The summed E-state index contributed by atoms with van der Waals surface area (Å²) in [5.74, 6) is 1.47. The van der Waals surface area contributed by atoms with E-state index < -0.39 is 31.7 Å². The fourth-order valence-corrected chi connectivity index (χ4v) is 3.91. The predicted molar refractivity (Wildman–Crippen MR) is 110 cm³/mol. The maximum absolute atomic E-state index is 9.97. The summed E-state index contributed by atoms with van der Waals surface area (Å²) in [5.41, 5.74) is 0. The second kappa shape index (κ2) is 12.8. The van der Waals surface area contributed by atoms with E-state index in [-0.39, 0.29) is 12.8 Å². The SMILES string of the molecule is CCc1n(C)cc[n+]1C.CCc1n(C)cc[n+]1C.O=S(=O)([O-])CCCCS(=O)(=O)[O-]. The topological polar surface area (TPSA) is 132 Å². The van der Waals surface area contributed by atoms with Gasteiger partial charge in [0.05, 0.1) is 48.4 Å². The van der Waals surface area contributed by atoms with E-state index in [1.807, 2.05) is 0 Å². The highest BCUT2D eigenvalue weighted by atomic mass is 32.2. The van der Waals surface area contributed by atoms with Crippen molar-refractivity contribution >= 4 is 20.2 Å². The molecule has 0 saturated carbocycles. The predicted octanol–water partition coefficient (Wildman–Crippen LogP) is -0.319. The Morgan fingerprint density at radius 1 is 0.767 bits per heavy atom. The zero-order chi connectivity index (χ0) is 23.5. The van der Waals surface area contributed by atoms with Gasteiger partial charge in [-0.1, -0.05) is 13.8 Å². The van der Waals surface area contributed by atoms with Gasteiger partial charge in [0.15, 0.2) is 0 Å². The summed E-state index contributed by atoms with van der Waals surface area (Å²) in [4.78, 5) is 0. The number of aromatic nitrogens is 4. The standard InChI is InChI=1S/2C7H13N2.C4H10O6S2/c2*1-4-7-8(2)5-6-9(7)3;5-11(6,7)3-1-2-4-12(8,9)10/h2*5-6H,4H2,1-3H3;1-4H2,(H,5,6,7)(H,8,9,10)/q2*+1;/p-2. The van der Waals surface area contributed by atoms with Crippen LogP contribution in [0.25, 0.3) is 0 Å². The van der Waals surface area contributed by atoms with Crippen molar-refractivity contribution in [1.82, 2.24) is 9.13 Å². The van der Waals surface area contributed by atoms with Crippen LogP contribution in [0.2, 0.25) is 0 Å². The largest absolute Gasteiger partial charge is 0.748 e. The molecule has 0 aromatic carbocycles. The first-order valence-corrected chi connectivity index (χ1v) is 12.7. The number of hydrogen-bond donors (Lipinski definition) is 0. The van der Waals surface area contributed by atoms with Gasteiger partial charge in [0.25, 0.3) is 11.6 Å². The lowest BCUT2D eigenvalue weighted by Crippen LogP contribution is -2.31. The highest BCUT2D eigenvalue weighted by molar-refractivity contribution is 7.86. The van der Waals surface area contributed by atoms with Crippen LogP contribution >= 0.6 is 0 Å². The van der Waals surface area contributed by atoms with Crippen molar-refractivity contribution < 1.29 is 35.1 Å². The Hall–Kier alpha value is -1.76. The van der Waals surface area contributed by atoms with E-state index in [4.69, 9.17) is 0 Å². The zero-order valence-corrected chi connectivity index (χ0v) is 20.2. The van der Waals surface area contributed by atoms with E-state index in [1.165, 1.54) is 11.6 Å². The molecule has 30 heavy (non-hydrogen) atoms. The van der Waals surface area contributed by atoms with E-state index in [9.17, 15) is 25.9 Å². The van der Waals surface area contributed by atoms with E-state index in [1.54, 1.807) is 0 Å². The minimum atomic E-state index is -4.29. The molecule has 2 aromatic rings. The van der Waals surface area contributed by atoms with Gasteiger partial charge in [0.1, 0.15) is 24.8 Å². The van der Waals surface area contributed by atoms with Crippen LogP contribution in [0.4, 0.5) is 0 Å². The van der Waals surface area contributed by atoms with Gasteiger partial charge >= 0.3 is 0 Å². The first-order valence-electron chi connectivity index (χ1n) is 9.58. The molecule has 0 N–H and O–H groups in total. The molecule has 2 heterocycles. The highest BCUT2D eigenvalue weighted by Crippen LogP contribution is 1.96. The average Bonchev–Trinajstić information content (AvgIpc) is 3.12. The van der Waals surface area contributed by atoms with Crippen molar-refractivity contribution in [2.75, 3.05) is 11.5 Å². The van der Waals surface area contributed by atoms with Crippen LogP contribution in [-0.4, -0.2) is 46.6 Å². The minimum Gasteiger partial charge on any atom is -0.748 e. The first kappa shape index (κ1) is 28.2. The second-order valence-corrected chi connectivity index (χ2v) is 9.86. The van der Waals surface area contributed by atoms with Crippen molar-refractivity contribution in [3.63, 3.8) is 0 Å². The zero-order valence-electron chi connectivity index (χ0n) is 18.6. The number of nitrogens with zero attached hydrogens (tertiary/aromatic N) is 4. The maximum Gasteiger partial charge on any atom is 0.255 e. The normalized spacial score (nSPS) is 11.3. The van der Waals surface area contributed by atoms with Crippen LogP contribution in [0, 0.1) is 0 Å². The number of unbranched alkanes of at least 4 members (excludes halogenated alkanes) is 1. The summed E-state index contributed by atoms with van der Waals surface area (Å²) in [6, 6.07) is 0. The molecule has 0 radical (unpaired) electrons. The highest BCUT2D eigenvalue weighted by Gasteiger charge is 2.06. The molecule has 0 aliphatic heterocycles. The van der Waals surface area contributed by atoms with Gasteiger partial charge < -0.3 is 9.11 Å². The summed E-state index contributed by atoms with van der Waals surface area (Å²) in [6.07, 6.45) is 10.3. The van der Waals surface area contributed by atoms with E-state index in [2.05, 4.69) is 85.1 Å². The number of aryl methyl sites for hydroxylation is 4. The average molecular weight is 467 g/mol. The third kappa shape index (κ3) is 12.1. The minimum absolute atomic E-state index is 0.0900. The number of imidazole rings is 2. The van der Waals surface area contributed by atoms with Crippen LogP contribution < -0.4 is 9.13 Å². The van der Waals surface area contributed by atoms with Gasteiger partial charge in [-0.2, -0.15) is 0 Å². The van der Waals surface area contributed by atoms with E-state index >= 15 is 0 Å². The fourth-order valence-electron chi connectivity index (χ4n) is 2.80. The van der Waals surface area contributed by atoms with Crippen LogP contribution in [0.1, 0.15) is 38.3 Å². The third-order valence-corrected chi connectivity index (χ3v) is 5.90. The Morgan fingerprint density at radius 3 is 1.20 bits per heavy atom. The molecule has 0 atom stereocenters. The van der Waals surface area contributed by atoms with Gasteiger partial charge in [-0.25, -0.2) is 35.1 Å². The van der Waals surface area contributed by atoms with Crippen LogP contribution in [0.5, 0.6) is 0 Å². The molecule has 0 amide bonds. The molecule has 2 rings (SSSR count). The molecule has 0 spiro atoms. The fraction of sp³-hybridized carbons (Fsp3) is 0.667. The summed E-state index contributed by atoms with van der Waals surface area (Å²) >= 11 is 0. The lowest BCUT2D eigenvalue weighted by molar-refractivity contribution is -0.678. The smallest absolute Gasteiger partial charge is 0.255 e. The van der Waals surface area contributed by atoms with Gasteiger partial charge in [-0.3, -0.25) is 0 Å². The molecule has 12 heteroatoms. The van der Waals surface area contributed by atoms with Gasteiger partial charge in [0.2, 0.25) is 0 Å². The van der Waals surface area contributed by atoms with Crippen molar-refractivity contribution in [2.45, 2.75) is 39.5 Å². The molecule has 0 unspecified atom stereocenters. The summed E-state index contributed by atoms with van der Waals surface area (Å²) < 4.78 is 68.4. The lowest BCUT2D eigenvalue weighted by atomic mass is 10.4. The molecular weight excluding hydrogens is 432 g/mol. The van der Waals surface area contributed by atoms with Gasteiger partial charge in [0, 0.05) is 24.3 Å². The van der Waals surface area contributed by atoms with Crippen molar-refractivity contribution in [3.05, 3.63) is 36.4 Å². The monoisotopic (exact) mass is 466 g/mol. The maximum atomic E-state index is 9.97. The molecule has 0 aliphatic rings. The van der Waals surface area contributed by atoms with Crippen molar-refractivity contribution in [2.24, 2.45) is 28.2 Å². The molecular formula is C18H34N4O6S2. The quantitative estimate of drug-likeness (QED) is 0.312. The Balaban J connectivity index is 0.000000426. The van der Waals surface area contributed by atoms with Crippen molar-refractivity contribution in [3.8, 4) is 0 Å².